The maximum atomic E-state index is 11.7. The highest BCUT2D eigenvalue weighted by Gasteiger charge is 2.04. The van der Waals surface area contributed by atoms with E-state index in [1.54, 1.807) is 35.4 Å². The molecule has 5 heteroatoms. The van der Waals surface area contributed by atoms with Gasteiger partial charge in [-0.05, 0) is 17.7 Å². The van der Waals surface area contributed by atoms with Gasteiger partial charge in [0.25, 0.3) is 0 Å². The van der Waals surface area contributed by atoms with E-state index < -0.39 is 0 Å². The molecule has 2 rings (SSSR count). The molecule has 0 fully saturated rings. The molecular formula is C12H12Cl2N2O. The van der Waals surface area contributed by atoms with Crippen LogP contribution in [0.5, 0.6) is 0 Å². The van der Waals surface area contributed by atoms with E-state index >= 15 is 0 Å². The Hall–Kier alpha value is -1.32. The van der Waals surface area contributed by atoms with Crippen LogP contribution in [0.1, 0.15) is 5.56 Å². The summed E-state index contributed by atoms with van der Waals surface area (Å²) >= 11 is 5.77. The van der Waals surface area contributed by atoms with Gasteiger partial charge in [0, 0.05) is 23.8 Å². The zero-order valence-corrected chi connectivity index (χ0v) is 10.6. The highest BCUT2D eigenvalue weighted by atomic mass is 35.5. The number of rotatable bonds is 4. The van der Waals surface area contributed by atoms with E-state index in [4.69, 9.17) is 11.6 Å². The fourth-order valence-electron chi connectivity index (χ4n) is 1.47. The van der Waals surface area contributed by atoms with Crippen molar-refractivity contribution < 1.29 is 4.79 Å². The van der Waals surface area contributed by atoms with Crippen molar-refractivity contribution in [3.05, 3.63) is 53.6 Å². The number of Topliss-reactive ketones (excluding diaryl/α,β-unsaturated/α-hetero) is 1. The summed E-state index contributed by atoms with van der Waals surface area (Å²) in [4.78, 5) is 15.6. The van der Waals surface area contributed by atoms with Crippen LogP contribution in [0.3, 0.4) is 0 Å². The smallest absolute Gasteiger partial charge is 0.156 e. The number of hydrogen-bond donors (Lipinski definition) is 0. The molecule has 1 aromatic carbocycles. The third-order valence-corrected chi connectivity index (χ3v) is 2.48. The number of benzene rings is 1. The molecule has 0 saturated carbocycles. The SMILES string of the molecule is Cl.O=C(Cc1ccc(Cl)cc1)Cn1ccnc1. The lowest BCUT2D eigenvalue weighted by Gasteiger charge is -2.02. The van der Waals surface area contributed by atoms with Gasteiger partial charge in [0.1, 0.15) is 0 Å². The Balaban J connectivity index is 0.00000144. The van der Waals surface area contributed by atoms with Crippen LogP contribution in [0.2, 0.25) is 5.02 Å². The quantitative estimate of drug-likeness (QED) is 0.857. The van der Waals surface area contributed by atoms with Crippen LogP contribution in [0, 0.1) is 0 Å². The summed E-state index contributed by atoms with van der Waals surface area (Å²) in [6, 6.07) is 7.32. The highest BCUT2D eigenvalue weighted by molar-refractivity contribution is 6.30. The molecule has 0 unspecified atom stereocenters. The molecule has 0 bridgehead atoms. The molecule has 0 atom stereocenters. The van der Waals surface area contributed by atoms with E-state index in [0.717, 1.165) is 5.56 Å². The van der Waals surface area contributed by atoms with Crippen molar-refractivity contribution in [2.45, 2.75) is 13.0 Å². The number of halogens is 2. The summed E-state index contributed by atoms with van der Waals surface area (Å²) < 4.78 is 1.76. The van der Waals surface area contributed by atoms with Crippen LogP contribution in [-0.2, 0) is 17.8 Å². The summed E-state index contributed by atoms with van der Waals surface area (Å²) in [5, 5.41) is 0.686. The molecule has 0 aliphatic carbocycles. The van der Waals surface area contributed by atoms with Crippen LogP contribution in [-0.4, -0.2) is 15.3 Å². The van der Waals surface area contributed by atoms with Crippen molar-refractivity contribution >= 4 is 29.8 Å². The maximum Gasteiger partial charge on any atom is 0.156 e. The van der Waals surface area contributed by atoms with E-state index in [0.29, 0.717) is 18.0 Å². The van der Waals surface area contributed by atoms with Crippen molar-refractivity contribution in [3.63, 3.8) is 0 Å². The summed E-state index contributed by atoms with van der Waals surface area (Å²) in [6.07, 6.45) is 5.50. The molecule has 1 aromatic heterocycles. The molecule has 90 valence electrons. The molecule has 0 saturated heterocycles. The van der Waals surface area contributed by atoms with Gasteiger partial charge in [-0.15, -0.1) is 12.4 Å². The van der Waals surface area contributed by atoms with Gasteiger partial charge in [-0.25, -0.2) is 4.98 Å². The zero-order valence-electron chi connectivity index (χ0n) is 9.04. The Morgan fingerprint density at radius 3 is 2.59 bits per heavy atom. The van der Waals surface area contributed by atoms with Gasteiger partial charge in [-0.3, -0.25) is 4.79 Å². The summed E-state index contributed by atoms with van der Waals surface area (Å²) in [7, 11) is 0. The average molecular weight is 271 g/mol. The molecule has 2 aromatic rings. The standard InChI is InChI=1S/C12H11ClN2O.ClH/c13-11-3-1-10(2-4-11)7-12(16)8-15-6-5-14-9-15;/h1-6,9H,7-8H2;1H. The zero-order chi connectivity index (χ0) is 11.4. The van der Waals surface area contributed by atoms with Gasteiger partial charge in [0.2, 0.25) is 0 Å². The second-order valence-corrected chi connectivity index (χ2v) is 4.01. The van der Waals surface area contributed by atoms with E-state index in [-0.39, 0.29) is 18.2 Å². The largest absolute Gasteiger partial charge is 0.330 e. The van der Waals surface area contributed by atoms with E-state index in [1.807, 2.05) is 12.1 Å². The highest BCUT2D eigenvalue weighted by Crippen LogP contribution is 2.10. The summed E-state index contributed by atoms with van der Waals surface area (Å²) in [5.41, 5.74) is 0.981. The fraction of sp³-hybridized carbons (Fsp3) is 0.167. The maximum absolute atomic E-state index is 11.7. The minimum atomic E-state index is 0. The van der Waals surface area contributed by atoms with Crippen molar-refractivity contribution in [1.29, 1.82) is 0 Å². The Morgan fingerprint density at radius 1 is 1.29 bits per heavy atom. The topological polar surface area (TPSA) is 34.9 Å². The first kappa shape index (κ1) is 13.7. The van der Waals surface area contributed by atoms with Crippen molar-refractivity contribution in [3.8, 4) is 0 Å². The molecule has 0 amide bonds. The van der Waals surface area contributed by atoms with Crippen LogP contribution >= 0.6 is 24.0 Å². The molecule has 1 heterocycles. The van der Waals surface area contributed by atoms with Gasteiger partial charge in [0.05, 0.1) is 12.9 Å². The average Bonchev–Trinajstić information content (AvgIpc) is 2.74. The second-order valence-electron chi connectivity index (χ2n) is 3.58. The summed E-state index contributed by atoms with van der Waals surface area (Å²) in [5.74, 6) is 0.153. The molecule has 0 aliphatic heterocycles. The van der Waals surface area contributed by atoms with Crippen LogP contribution in [0.4, 0.5) is 0 Å². The van der Waals surface area contributed by atoms with Crippen LogP contribution in [0.15, 0.2) is 43.0 Å². The Bertz CT molecular complexity index is 466. The predicted molar refractivity (Wildman–Crippen MR) is 69.6 cm³/mol. The van der Waals surface area contributed by atoms with Crippen molar-refractivity contribution in [2.24, 2.45) is 0 Å². The number of nitrogens with zero attached hydrogens (tertiary/aromatic N) is 2. The minimum Gasteiger partial charge on any atom is -0.330 e. The second kappa shape index (κ2) is 6.42. The number of hydrogen-bond acceptors (Lipinski definition) is 2. The fourth-order valence-corrected chi connectivity index (χ4v) is 1.60. The van der Waals surface area contributed by atoms with E-state index in [2.05, 4.69) is 4.98 Å². The Kier molecular flexibility index (Phi) is 5.19. The first-order valence-electron chi connectivity index (χ1n) is 4.96. The lowest BCUT2D eigenvalue weighted by Crippen LogP contribution is -2.11. The first-order chi connectivity index (χ1) is 7.74. The molecule has 0 N–H and O–H groups in total. The van der Waals surface area contributed by atoms with Crippen LogP contribution in [0.25, 0.3) is 0 Å². The third-order valence-electron chi connectivity index (χ3n) is 2.23. The van der Waals surface area contributed by atoms with E-state index in [9.17, 15) is 4.79 Å². The van der Waals surface area contributed by atoms with Gasteiger partial charge >= 0.3 is 0 Å². The molecule has 0 aliphatic rings. The summed E-state index contributed by atoms with van der Waals surface area (Å²) in [6.45, 7) is 0.364. The first-order valence-corrected chi connectivity index (χ1v) is 5.34. The number of aromatic nitrogens is 2. The predicted octanol–water partition coefficient (Wildman–Crippen LogP) is 2.77. The van der Waals surface area contributed by atoms with Gasteiger partial charge in [-0.1, -0.05) is 23.7 Å². The van der Waals surface area contributed by atoms with Crippen molar-refractivity contribution in [1.82, 2.24) is 9.55 Å². The van der Waals surface area contributed by atoms with Gasteiger partial charge < -0.3 is 4.57 Å². The molecular weight excluding hydrogens is 259 g/mol. The van der Waals surface area contributed by atoms with Gasteiger partial charge in [0.15, 0.2) is 5.78 Å². The normalized spacial score (nSPS) is 9.71. The Labute approximate surface area is 111 Å². The number of imidazole rings is 1. The minimum absolute atomic E-state index is 0. The lowest BCUT2D eigenvalue weighted by atomic mass is 10.1. The molecule has 17 heavy (non-hydrogen) atoms. The van der Waals surface area contributed by atoms with Gasteiger partial charge in [-0.2, -0.15) is 0 Å². The third kappa shape index (κ3) is 4.21. The molecule has 0 radical (unpaired) electrons. The monoisotopic (exact) mass is 270 g/mol. The molecule has 3 nitrogen and oxygen atoms in total. The number of ketones is 1. The van der Waals surface area contributed by atoms with Crippen LogP contribution < -0.4 is 0 Å². The van der Waals surface area contributed by atoms with Crippen molar-refractivity contribution in [2.75, 3.05) is 0 Å². The lowest BCUT2D eigenvalue weighted by molar-refractivity contribution is -0.119. The van der Waals surface area contributed by atoms with E-state index in [1.165, 1.54) is 0 Å². The molecule has 0 spiro atoms. The number of carbonyl (C=O) groups excluding carboxylic acids is 1. The number of carbonyl (C=O) groups is 1. The Morgan fingerprint density at radius 2 is 2.00 bits per heavy atom.